The Balaban J connectivity index is 1.52. The first-order valence-corrected chi connectivity index (χ1v) is 9.25. The van der Waals surface area contributed by atoms with Gasteiger partial charge in [0.05, 0.1) is 17.7 Å². The lowest BCUT2D eigenvalue weighted by Gasteiger charge is -2.16. The van der Waals surface area contributed by atoms with Crippen LogP contribution in [-0.2, 0) is 6.61 Å². The highest BCUT2D eigenvalue weighted by atomic mass is 35.5. The standard InChI is InChI=1S/C21H22ClNO3/c1-14(15-9-10-19(22)16(12-15)13-24)6-4-5-11-23-20(25)17-7-2-3-8-18(17)21(23)26/h2-3,7-10,12,14,24H,4-6,11,13H2,1H3. The highest BCUT2D eigenvalue weighted by molar-refractivity contribution is 6.31. The minimum atomic E-state index is -0.191. The molecule has 0 aromatic heterocycles. The molecule has 0 aliphatic carbocycles. The SMILES string of the molecule is CC(CCCCN1C(=O)c2ccccc2C1=O)c1ccc(Cl)c(CO)c1. The zero-order valence-corrected chi connectivity index (χ0v) is 15.5. The van der Waals surface area contributed by atoms with E-state index in [0.717, 1.165) is 30.4 Å². The predicted molar refractivity (Wildman–Crippen MR) is 101 cm³/mol. The Bertz CT molecular complexity index is 799. The molecule has 0 bridgehead atoms. The van der Waals surface area contributed by atoms with E-state index in [9.17, 15) is 14.7 Å². The van der Waals surface area contributed by atoms with Crippen LogP contribution < -0.4 is 0 Å². The Kier molecular flexibility index (Phi) is 5.74. The fourth-order valence-corrected chi connectivity index (χ4v) is 3.53. The van der Waals surface area contributed by atoms with E-state index in [-0.39, 0.29) is 18.4 Å². The molecule has 4 nitrogen and oxygen atoms in total. The summed E-state index contributed by atoms with van der Waals surface area (Å²) < 4.78 is 0. The lowest BCUT2D eigenvalue weighted by atomic mass is 9.94. The summed E-state index contributed by atoms with van der Waals surface area (Å²) in [4.78, 5) is 26.0. The van der Waals surface area contributed by atoms with Gasteiger partial charge in [-0.2, -0.15) is 0 Å². The van der Waals surface area contributed by atoms with Crippen molar-refractivity contribution in [1.82, 2.24) is 4.90 Å². The van der Waals surface area contributed by atoms with Crippen molar-refractivity contribution >= 4 is 23.4 Å². The summed E-state index contributed by atoms with van der Waals surface area (Å²) in [6.45, 7) is 2.51. The van der Waals surface area contributed by atoms with E-state index in [1.165, 1.54) is 4.90 Å². The fourth-order valence-electron chi connectivity index (χ4n) is 3.35. The Hall–Kier alpha value is -2.17. The van der Waals surface area contributed by atoms with E-state index >= 15 is 0 Å². The molecule has 1 N–H and O–H groups in total. The minimum absolute atomic E-state index is 0.0703. The number of aliphatic hydroxyl groups excluding tert-OH is 1. The number of carbonyl (C=O) groups is 2. The lowest BCUT2D eigenvalue weighted by Crippen LogP contribution is -2.30. The van der Waals surface area contributed by atoms with E-state index in [1.807, 2.05) is 18.2 Å². The van der Waals surface area contributed by atoms with Crippen LogP contribution in [0.3, 0.4) is 0 Å². The van der Waals surface area contributed by atoms with Crippen molar-refractivity contribution in [2.24, 2.45) is 0 Å². The van der Waals surface area contributed by atoms with Crippen LogP contribution in [0.4, 0.5) is 0 Å². The summed E-state index contributed by atoms with van der Waals surface area (Å²) in [5.74, 6) is -0.0624. The number of carbonyl (C=O) groups excluding carboxylic acids is 2. The number of halogens is 1. The second-order valence-electron chi connectivity index (χ2n) is 6.71. The van der Waals surface area contributed by atoms with Crippen LogP contribution in [0.15, 0.2) is 42.5 Å². The van der Waals surface area contributed by atoms with Gasteiger partial charge in [-0.25, -0.2) is 0 Å². The Morgan fingerprint density at radius 3 is 2.31 bits per heavy atom. The van der Waals surface area contributed by atoms with Gasteiger partial charge in [-0.05, 0) is 48.1 Å². The van der Waals surface area contributed by atoms with Crippen molar-refractivity contribution in [2.45, 2.75) is 38.7 Å². The van der Waals surface area contributed by atoms with Crippen molar-refractivity contribution in [3.8, 4) is 0 Å². The maximum Gasteiger partial charge on any atom is 0.261 e. The maximum atomic E-state index is 12.3. The van der Waals surface area contributed by atoms with Gasteiger partial charge in [0, 0.05) is 11.6 Å². The van der Waals surface area contributed by atoms with E-state index in [4.69, 9.17) is 11.6 Å². The summed E-state index contributed by atoms with van der Waals surface area (Å²) >= 11 is 6.04. The zero-order chi connectivity index (χ0) is 18.7. The molecule has 2 amide bonds. The average Bonchev–Trinajstić information content (AvgIpc) is 2.90. The topological polar surface area (TPSA) is 57.6 Å². The van der Waals surface area contributed by atoms with Gasteiger partial charge in [-0.15, -0.1) is 0 Å². The van der Waals surface area contributed by atoms with Crippen molar-refractivity contribution in [1.29, 1.82) is 0 Å². The van der Waals surface area contributed by atoms with E-state index in [2.05, 4.69) is 6.92 Å². The average molecular weight is 372 g/mol. The molecule has 26 heavy (non-hydrogen) atoms. The van der Waals surface area contributed by atoms with Crippen molar-refractivity contribution < 1.29 is 14.7 Å². The van der Waals surface area contributed by atoms with Crippen LogP contribution in [0.1, 0.15) is 63.9 Å². The maximum absolute atomic E-state index is 12.3. The number of nitrogens with zero attached hydrogens (tertiary/aromatic N) is 1. The molecule has 1 unspecified atom stereocenters. The number of unbranched alkanes of at least 4 members (excludes halogenated alkanes) is 1. The first-order chi connectivity index (χ1) is 12.5. The number of benzene rings is 2. The third-order valence-electron chi connectivity index (χ3n) is 4.96. The summed E-state index contributed by atoms with van der Waals surface area (Å²) in [5.41, 5.74) is 2.88. The fraction of sp³-hybridized carbons (Fsp3) is 0.333. The Morgan fingerprint density at radius 2 is 1.69 bits per heavy atom. The Morgan fingerprint density at radius 1 is 1.04 bits per heavy atom. The summed E-state index contributed by atoms with van der Waals surface area (Å²) in [5, 5.41) is 9.91. The van der Waals surface area contributed by atoms with Gasteiger partial charge in [0.25, 0.3) is 11.8 Å². The monoisotopic (exact) mass is 371 g/mol. The zero-order valence-electron chi connectivity index (χ0n) is 14.7. The van der Waals surface area contributed by atoms with Crippen molar-refractivity contribution in [3.05, 3.63) is 69.7 Å². The molecule has 0 spiro atoms. The molecular formula is C21H22ClNO3. The van der Waals surface area contributed by atoms with Crippen molar-refractivity contribution in [3.63, 3.8) is 0 Å². The molecule has 1 aliphatic heterocycles. The molecule has 0 radical (unpaired) electrons. The van der Waals surface area contributed by atoms with Gasteiger partial charge in [0.2, 0.25) is 0 Å². The molecule has 1 aliphatic rings. The second kappa shape index (κ2) is 8.02. The van der Waals surface area contributed by atoms with E-state index < -0.39 is 0 Å². The van der Waals surface area contributed by atoms with Crippen LogP contribution in [0.5, 0.6) is 0 Å². The largest absolute Gasteiger partial charge is 0.392 e. The van der Waals surface area contributed by atoms with E-state index in [1.54, 1.807) is 24.3 Å². The van der Waals surface area contributed by atoms with Crippen LogP contribution >= 0.6 is 11.6 Å². The number of imide groups is 1. The molecule has 136 valence electrons. The number of rotatable bonds is 7. The normalized spacial score (nSPS) is 14.7. The molecule has 1 atom stereocenters. The van der Waals surface area contributed by atoms with E-state index in [0.29, 0.717) is 28.6 Å². The van der Waals surface area contributed by atoms with Crippen LogP contribution in [0.25, 0.3) is 0 Å². The van der Waals surface area contributed by atoms with Gasteiger partial charge in [-0.1, -0.05) is 49.2 Å². The lowest BCUT2D eigenvalue weighted by molar-refractivity contribution is 0.0651. The van der Waals surface area contributed by atoms with Crippen LogP contribution in [0.2, 0.25) is 5.02 Å². The first kappa shape index (κ1) is 18.6. The van der Waals surface area contributed by atoms with Crippen molar-refractivity contribution in [2.75, 3.05) is 6.54 Å². The highest BCUT2D eigenvalue weighted by Crippen LogP contribution is 2.27. The number of aliphatic hydroxyl groups is 1. The minimum Gasteiger partial charge on any atom is -0.392 e. The number of amides is 2. The third kappa shape index (κ3) is 3.67. The van der Waals surface area contributed by atoms with Crippen LogP contribution in [-0.4, -0.2) is 28.4 Å². The third-order valence-corrected chi connectivity index (χ3v) is 5.32. The Labute approximate surface area is 158 Å². The molecule has 2 aromatic rings. The van der Waals surface area contributed by atoms with Gasteiger partial charge >= 0.3 is 0 Å². The highest BCUT2D eigenvalue weighted by Gasteiger charge is 2.34. The number of hydrogen-bond donors (Lipinski definition) is 1. The molecule has 0 saturated heterocycles. The number of hydrogen-bond acceptors (Lipinski definition) is 3. The van der Waals surface area contributed by atoms with Gasteiger partial charge < -0.3 is 5.11 Å². The number of fused-ring (bicyclic) bond motifs is 1. The quantitative estimate of drug-likeness (QED) is 0.579. The molecular weight excluding hydrogens is 350 g/mol. The van der Waals surface area contributed by atoms with Gasteiger partial charge in [0.1, 0.15) is 0 Å². The summed E-state index contributed by atoms with van der Waals surface area (Å²) in [7, 11) is 0. The molecule has 5 heteroatoms. The second-order valence-corrected chi connectivity index (χ2v) is 7.12. The van der Waals surface area contributed by atoms with Gasteiger partial charge in [0.15, 0.2) is 0 Å². The molecule has 1 heterocycles. The van der Waals surface area contributed by atoms with Crippen LogP contribution in [0, 0.1) is 0 Å². The summed E-state index contributed by atoms with van der Waals surface area (Å²) in [6, 6.07) is 12.7. The predicted octanol–water partition coefficient (Wildman–Crippen LogP) is 4.40. The summed E-state index contributed by atoms with van der Waals surface area (Å²) in [6.07, 6.45) is 2.62. The first-order valence-electron chi connectivity index (χ1n) is 8.87. The smallest absolute Gasteiger partial charge is 0.261 e. The molecule has 0 fully saturated rings. The molecule has 0 saturated carbocycles. The van der Waals surface area contributed by atoms with Gasteiger partial charge in [-0.3, -0.25) is 14.5 Å². The molecule has 2 aromatic carbocycles. The molecule has 3 rings (SSSR count).